The molecule has 0 fully saturated rings. The van der Waals surface area contributed by atoms with Crippen LogP contribution in [0.2, 0.25) is 0 Å². The fourth-order valence-corrected chi connectivity index (χ4v) is 2.51. The zero-order valence-electron chi connectivity index (χ0n) is 11.5. The first-order chi connectivity index (χ1) is 9.90. The summed E-state index contributed by atoms with van der Waals surface area (Å²) in [4.78, 5) is -0.0718. The molecule has 0 spiro atoms. The monoisotopic (exact) mass is 307 g/mol. The summed E-state index contributed by atoms with van der Waals surface area (Å²) >= 11 is 0. The van der Waals surface area contributed by atoms with E-state index in [0.717, 1.165) is 17.0 Å². The van der Waals surface area contributed by atoms with Crippen LogP contribution in [0.5, 0.6) is 5.75 Å². The smallest absolute Gasteiger partial charge is 0.240 e. The number of primary sulfonamides is 1. The maximum atomic E-state index is 11.3. The van der Waals surface area contributed by atoms with Gasteiger partial charge in [0.25, 0.3) is 0 Å². The van der Waals surface area contributed by atoms with E-state index in [1.807, 2.05) is 24.3 Å². The van der Waals surface area contributed by atoms with E-state index in [1.54, 1.807) is 19.2 Å². The van der Waals surface area contributed by atoms with Crippen molar-refractivity contribution < 1.29 is 13.2 Å². The highest BCUT2D eigenvalue weighted by molar-refractivity contribution is 7.89. The second-order valence-electron chi connectivity index (χ2n) is 4.50. The Morgan fingerprint density at radius 3 is 2.33 bits per heavy atom. The zero-order valence-corrected chi connectivity index (χ0v) is 12.4. The van der Waals surface area contributed by atoms with E-state index >= 15 is 0 Å². The molecule has 0 amide bonds. The SMILES string of the molecule is COc1ccc(CNc2ccc(S(N)(=O)=O)c(N)c2)cc1. The van der Waals surface area contributed by atoms with Crippen LogP contribution < -0.4 is 20.9 Å². The van der Waals surface area contributed by atoms with Gasteiger partial charge >= 0.3 is 0 Å². The van der Waals surface area contributed by atoms with E-state index < -0.39 is 10.0 Å². The summed E-state index contributed by atoms with van der Waals surface area (Å²) in [5.74, 6) is 0.792. The van der Waals surface area contributed by atoms with Crippen LogP contribution in [-0.4, -0.2) is 15.5 Å². The van der Waals surface area contributed by atoms with Gasteiger partial charge in [0.15, 0.2) is 0 Å². The molecule has 7 heteroatoms. The number of sulfonamides is 1. The predicted molar refractivity (Wildman–Crippen MR) is 82.5 cm³/mol. The Balaban J connectivity index is 2.08. The van der Waals surface area contributed by atoms with Crippen LogP contribution in [0, 0.1) is 0 Å². The van der Waals surface area contributed by atoms with Crippen molar-refractivity contribution >= 4 is 21.4 Å². The molecule has 0 radical (unpaired) electrons. The van der Waals surface area contributed by atoms with Crippen LogP contribution in [-0.2, 0) is 16.6 Å². The third-order valence-corrected chi connectivity index (χ3v) is 3.96. The molecule has 2 aromatic carbocycles. The molecule has 0 saturated heterocycles. The van der Waals surface area contributed by atoms with Gasteiger partial charge in [0, 0.05) is 12.2 Å². The molecule has 0 atom stereocenters. The maximum Gasteiger partial charge on any atom is 0.240 e. The standard InChI is InChI=1S/C14H17N3O3S/c1-20-12-5-2-10(3-6-12)9-17-11-4-7-14(13(15)8-11)21(16,18)19/h2-8,17H,9,15H2,1H3,(H2,16,18,19). The molecule has 0 unspecified atom stereocenters. The molecule has 2 rings (SSSR count). The number of ether oxygens (including phenoxy) is 1. The summed E-state index contributed by atoms with van der Waals surface area (Å²) in [5, 5.41) is 8.22. The molecule has 0 aromatic heterocycles. The molecule has 6 nitrogen and oxygen atoms in total. The van der Waals surface area contributed by atoms with E-state index in [0.29, 0.717) is 6.54 Å². The first kappa shape index (κ1) is 15.1. The molecule has 0 bridgehead atoms. The topological polar surface area (TPSA) is 107 Å². The van der Waals surface area contributed by atoms with Crippen LogP contribution in [0.1, 0.15) is 5.56 Å². The average molecular weight is 307 g/mol. The van der Waals surface area contributed by atoms with Gasteiger partial charge in [0.1, 0.15) is 10.6 Å². The molecule has 2 aromatic rings. The number of nitrogens with two attached hydrogens (primary N) is 2. The lowest BCUT2D eigenvalue weighted by Gasteiger charge is -2.10. The van der Waals surface area contributed by atoms with E-state index in [4.69, 9.17) is 15.6 Å². The predicted octanol–water partition coefficient (Wildman–Crippen LogP) is 1.54. The van der Waals surface area contributed by atoms with Crippen LogP contribution >= 0.6 is 0 Å². The van der Waals surface area contributed by atoms with Crippen molar-refractivity contribution in [2.45, 2.75) is 11.4 Å². The molecule has 21 heavy (non-hydrogen) atoms. The van der Waals surface area contributed by atoms with E-state index in [1.165, 1.54) is 6.07 Å². The Bertz CT molecular complexity index is 728. The first-order valence-electron chi connectivity index (χ1n) is 6.19. The second kappa shape index (κ2) is 6.02. The highest BCUT2D eigenvalue weighted by Crippen LogP contribution is 2.22. The minimum atomic E-state index is -3.79. The van der Waals surface area contributed by atoms with Crippen molar-refractivity contribution in [3.8, 4) is 5.75 Å². The molecular weight excluding hydrogens is 290 g/mol. The molecule has 0 heterocycles. The summed E-state index contributed by atoms with van der Waals surface area (Å²) in [6.45, 7) is 0.582. The second-order valence-corrected chi connectivity index (χ2v) is 6.03. The summed E-state index contributed by atoms with van der Waals surface area (Å²) in [5.41, 5.74) is 7.60. The molecule has 5 N–H and O–H groups in total. The number of nitrogens with one attached hydrogen (secondary N) is 1. The Labute approximate surface area is 123 Å². The van der Waals surface area contributed by atoms with Crippen LogP contribution in [0.4, 0.5) is 11.4 Å². The number of nitrogen functional groups attached to an aromatic ring is 1. The number of methoxy groups -OCH3 is 1. The highest BCUT2D eigenvalue weighted by Gasteiger charge is 2.12. The summed E-state index contributed by atoms with van der Waals surface area (Å²) in [7, 11) is -2.18. The normalized spacial score (nSPS) is 11.1. The lowest BCUT2D eigenvalue weighted by atomic mass is 10.2. The van der Waals surface area contributed by atoms with Gasteiger partial charge in [-0.15, -0.1) is 0 Å². The number of hydrogen-bond donors (Lipinski definition) is 3. The highest BCUT2D eigenvalue weighted by atomic mass is 32.2. The fourth-order valence-electron chi connectivity index (χ4n) is 1.87. The minimum absolute atomic E-state index is 0.0718. The summed E-state index contributed by atoms with van der Waals surface area (Å²) < 4.78 is 27.6. The molecular formula is C14H17N3O3S. The Kier molecular flexibility index (Phi) is 4.35. The average Bonchev–Trinajstić information content (AvgIpc) is 2.44. The number of rotatable bonds is 5. The molecule has 0 aliphatic heterocycles. The lowest BCUT2D eigenvalue weighted by molar-refractivity contribution is 0.414. The van der Waals surface area contributed by atoms with Gasteiger partial charge in [-0.1, -0.05) is 12.1 Å². The van der Waals surface area contributed by atoms with Crippen molar-refractivity contribution in [3.63, 3.8) is 0 Å². The Hall–Kier alpha value is -2.25. The van der Waals surface area contributed by atoms with Crippen molar-refractivity contribution in [1.29, 1.82) is 0 Å². The van der Waals surface area contributed by atoms with E-state index in [9.17, 15) is 8.42 Å². The number of benzene rings is 2. The van der Waals surface area contributed by atoms with Crippen LogP contribution in [0.25, 0.3) is 0 Å². The third kappa shape index (κ3) is 3.87. The quantitative estimate of drug-likeness (QED) is 0.726. The van der Waals surface area contributed by atoms with Crippen LogP contribution in [0.3, 0.4) is 0 Å². The van der Waals surface area contributed by atoms with Gasteiger partial charge in [0.05, 0.1) is 12.8 Å². The van der Waals surface area contributed by atoms with Gasteiger partial charge in [-0.3, -0.25) is 0 Å². The molecule has 112 valence electrons. The Morgan fingerprint density at radius 1 is 1.14 bits per heavy atom. The largest absolute Gasteiger partial charge is 0.497 e. The van der Waals surface area contributed by atoms with Gasteiger partial charge < -0.3 is 15.8 Å². The van der Waals surface area contributed by atoms with Crippen LogP contribution in [0.15, 0.2) is 47.4 Å². The zero-order chi connectivity index (χ0) is 15.5. The molecule has 0 aliphatic carbocycles. The van der Waals surface area contributed by atoms with Gasteiger partial charge in [-0.25, -0.2) is 13.6 Å². The van der Waals surface area contributed by atoms with Gasteiger partial charge in [0.2, 0.25) is 10.0 Å². The summed E-state index contributed by atoms with van der Waals surface area (Å²) in [6, 6.07) is 12.2. The number of anilines is 2. The molecule has 0 aliphatic rings. The maximum absolute atomic E-state index is 11.3. The van der Waals surface area contributed by atoms with Crippen molar-refractivity contribution in [1.82, 2.24) is 0 Å². The van der Waals surface area contributed by atoms with Crippen molar-refractivity contribution in [2.24, 2.45) is 5.14 Å². The van der Waals surface area contributed by atoms with Gasteiger partial charge in [-0.2, -0.15) is 0 Å². The summed E-state index contributed by atoms with van der Waals surface area (Å²) in [6.07, 6.45) is 0. The first-order valence-corrected chi connectivity index (χ1v) is 7.74. The Morgan fingerprint density at radius 2 is 1.81 bits per heavy atom. The van der Waals surface area contributed by atoms with Crippen molar-refractivity contribution in [3.05, 3.63) is 48.0 Å². The number of hydrogen-bond acceptors (Lipinski definition) is 5. The third-order valence-electron chi connectivity index (χ3n) is 2.97. The molecule has 0 saturated carbocycles. The minimum Gasteiger partial charge on any atom is -0.497 e. The van der Waals surface area contributed by atoms with E-state index in [-0.39, 0.29) is 10.6 Å². The van der Waals surface area contributed by atoms with E-state index in [2.05, 4.69) is 5.32 Å². The lowest BCUT2D eigenvalue weighted by Crippen LogP contribution is -2.14. The van der Waals surface area contributed by atoms with Crippen molar-refractivity contribution in [2.75, 3.05) is 18.2 Å². The fraction of sp³-hybridized carbons (Fsp3) is 0.143. The van der Waals surface area contributed by atoms with Gasteiger partial charge in [-0.05, 0) is 35.9 Å².